The van der Waals surface area contributed by atoms with Crippen molar-refractivity contribution in [3.05, 3.63) is 63.3 Å². The van der Waals surface area contributed by atoms with Crippen molar-refractivity contribution < 1.29 is 4.79 Å². The summed E-state index contributed by atoms with van der Waals surface area (Å²) >= 11 is 0. The van der Waals surface area contributed by atoms with Gasteiger partial charge in [0.25, 0.3) is 17.2 Å². The minimum absolute atomic E-state index is 0.0394. The monoisotopic (exact) mass is 366 g/mol. The molecule has 0 unspecified atom stereocenters. The minimum Gasteiger partial charge on any atom is -0.340 e. The molecule has 1 aliphatic heterocycles. The van der Waals surface area contributed by atoms with Gasteiger partial charge in [0.05, 0.1) is 0 Å². The molecule has 0 spiro atoms. The second kappa shape index (κ2) is 6.62. The van der Waals surface area contributed by atoms with Crippen LogP contribution in [0.1, 0.15) is 27.3 Å². The van der Waals surface area contributed by atoms with Crippen molar-refractivity contribution in [3.63, 3.8) is 0 Å². The summed E-state index contributed by atoms with van der Waals surface area (Å²) in [5, 5.41) is 2.81. The van der Waals surface area contributed by atoms with E-state index in [2.05, 4.69) is 45.2 Å². The average molecular weight is 366 g/mol. The first-order valence-electron chi connectivity index (χ1n) is 8.91. The number of rotatable bonds is 3. The summed E-state index contributed by atoms with van der Waals surface area (Å²) in [7, 11) is 3.79. The summed E-state index contributed by atoms with van der Waals surface area (Å²) in [6.07, 6.45) is 2.19. The number of carbonyl (C=O) groups excluding carboxylic acids is 1. The van der Waals surface area contributed by atoms with E-state index in [9.17, 15) is 9.59 Å². The van der Waals surface area contributed by atoms with Crippen molar-refractivity contribution in [1.29, 1.82) is 0 Å². The molecule has 1 aliphatic rings. The predicted octanol–water partition coefficient (Wildman–Crippen LogP) is 0.855. The van der Waals surface area contributed by atoms with Crippen molar-refractivity contribution >= 4 is 11.7 Å². The lowest BCUT2D eigenvalue weighted by atomic mass is 9.94. The molecule has 1 aromatic carbocycles. The molecule has 0 bridgehead atoms. The Morgan fingerprint density at radius 1 is 1.33 bits per heavy atom. The number of hydrogen-bond donors (Lipinski definition) is 1. The number of hydrogen-bond acceptors (Lipinski definition) is 5. The molecule has 8 nitrogen and oxygen atoms in total. The average Bonchev–Trinajstić information content (AvgIpc) is 3.03. The second-order valence-electron chi connectivity index (χ2n) is 7.15. The van der Waals surface area contributed by atoms with Gasteiger partial charge in [-0.15, -0.1) is 0 Å². The van der Waals surface area contributed by atoms with E-state index in [1.165, 1.54) is 21.8 Å². The molecule has 1 N–H and O–H groups in total. The molecule has 0 saturated heterocycles. The summed E-state index contributed by atoms with van der Waals surface area (Å²) in [4.78, 5) is 37.5. The molecule has 0 saturated carbocycles. The van der Waals surface area contributed by atoms with Crippen LogP contribution in [0.15, 0.2) is 35.3 Å². The maximum atomic E-state index is 12.9. The molecule has 1 atom stereocenters. The summed E-state index contributed by atoms with van der Waals surface area (Å²) in [5.41, 5.74) is 2.25. The van der Waals surface area contributed by atoms with E-state index in [1.54, 1.807) is 18.9 Å². The Bertz CT molecular complexity index is 1070. The van der Waals surface area contributed by atoms with E-state index in [-0.39, 0.29) is 23.3 Å². The SMILES string of the molecule is Cc1nc2ncc(C(=O)N(C)C[C@H]3Cc4ccccc4CN3C)c(=O)n2[nH]1. The van der Waals surface area contributed by atoms with Crippen LogP contribution in [0.4, 0.5) is 0 Å². The van der Waals surface area contributed by atoms with E-state index in [0.717, 1.165) is 13.0 Å². The highest BCUT2D eigenvalue weighted by atomic mass is 16.2. The zero-order valence-electron chi connectivity index (χ0n) is 15.6. The van der Waals surface area contributed by atoms with E-state index in [4.69, 9.17) is 0 Å². The van der Waals surface area contributed by atoms with Crippen molar-refractivity contribution in [1.82, 2.24) is 29.4 Å². The first-order chi connectivity index (χ1) is 12.9. The summed E-state index contributed by atoms with van der Waals surface area (Å²) in [6.45, 7) is 3.12. The third-order valence-corrected chi connectivity index (χ3v) is 5.16. The van der Waals surface area contributed by atoms with Crippen molar-refractivity contribution in [3.8, 4) is 0 Å². The normalized spacial score (nSPS) is 17.1. The van der Waals surface area contributed by atoms with Crippen LogP contribution in [0.3, 0.4) is 0 Å². The zero-order valence-corrected chi connectivity index (χ0v) is 15.6. The number of amides is 1. The number of aromatic amines is 1. The van der Waals surface area contributed by atoms with Crippen LogP contribution < -0.4 is 5.56 Å². The smallest absolute Gasteiger partial charge is 0.286 e. The fourth-order valence-electron chi connectivity index (χ4n) is 3.64. The van der Waals surface area contributed by atoms with Crippen LogP contribution in [0.5, 0.6) is 0 Å². The van der Waals surface area contributed by atoms with Crippen LogP contribution in [-0.2, 0) is 13.0 Å². The topological polar surface area (TPSA) is 86.6 Å². The van der Waals surface area contributed by atoms with Crippen LogP contribution in [0, 0.1) is 6.92 Å². The third kappa shape index (κ3) is 3.12. The van der Waals surface area contributed by atoms with Gasteiger partial charge in [-0.25, -0.2) is 4.98 Å². The van der Waals surface area contributed by atoms with Gasteiger partial charge in [-0.3, -0.25) is 19.6 Å². The standard InChI is InChI=1S/C19H22N6O2/c1-12-21-19-20-9-16(18(27)25(19)22-12)17(26)24(3)11-15-8-13-6-4-5-7-14(13)10-23(15)2/h4-7,9,15H,8,10-11H2,1-3H3,(H,20,21,22)/t15-/m1/s1. The van der Waals surface area contributed by atoms with Crippen molar-refractivity contribution in [2.45, 2.75) is 25.9 Å². The molecular formula is C19H22N6O2. The molecule has 2 aromatic heterocycles. The second-order valence-corrected chi connectivity index (χ2v) is 7.15. The van der Waals surface area contributed by atoms with Gasteiger partial charge in [0, 0.05) is 32.4 Å². The number of benzene rings is 1. The van der Waals surface area contributed by atoms with Crippen LogP contribution in [-0.4, -0.2) is 62.0 Å². The highest BCUT2D eigenvalue weighted by Crippen LogP contribution is 2.22. The highest BCUT2D eigenvalue weighted by molar-refractivity contribution is 5.93. The van der Waals surface area contributed by atoms with E-state index < -0.39 is 5.56 Å². The predicted molar refractivity (Wildman–Crippen MR) is 101 cm³/mol. The maximum absolute atomic E-state index is 12.9. The fourth-order valence-corrected chi connectivity index (χ4v) is 3.64. The van der Waals surface area contributed by atoms with Gasteiger partial charge in [-0.05, 0) is 31.5 Å². The van der Waals surface area contributed by atoms with Crippen LogP contribution in [0.2, 0.25) is 0 Å². The minimum atomic E-state index is -0.431. The number of aryl methyl sites for hydroxylation is 1. The molecule has 0 radical (unpaired) electrons. The quantitative estimate of drug-likeness (QED) is 0.743. The zero-order chi connectivity index (χ0) is 19.1. The number of aromatic nitrogens is 4. The maximum Gasteiger partial charge on any atom is 0.286 e. The van der Waals surface area contributed by atoms with Gasteiger partial charge in [0.1, 0.15) is 11.4 Å². The molecule has 140 valence electrons. The van der Waals surface area contributed by atoms with Crippen molar-refractivity contribution in [2.24, 2.45) is 0 Å². The number of carbonyl (C=O) groups is 1. The van der Waals surface area contributed by atoms with E-state index in [1.807, 2.05) is 6.07 Å². The number of nitrogens with zero attached hydrogens (tertiary/aromatic N) is 5. The van der Waals surface area contributed by atoms with E-state index in [0.29, 0.717) is 12.4 Å². The summed E-state index contributed by atoms with van der Waals surface area (Å²) in [6, 6.07) is 8.58. The lowest BCUT2D eigenvalue weighted by molar-refractivity contribution is 0.0731. The first-order valence-corrected chi connectivity index (χ1v) is 8.91. The molecule has 27 heavy (non-hydrogen) atoms. The third-order valence-electron chi connectivity index (χ3n) is 5.16. The molecule has 0 fully saturated rings. The Kier molecular flexibility index (Phi) is 4.27. The Balaban J connectivity index is 1.55. The lowest BCUT2D eigenvalue weighted by Crippen LogP contribution is -2.47. The number of likely N-dealkylation sites (N-methyl/N-ethyl adjacent to an activating group) is 2. The fraction of sp³-hybridized carbons (Fsp3) is 0.368. The molecule has 0 aliphatic carbocycles. The number of H-pyrrole nitrogens is 1. The van der Waals surface area contributed by atoms with Gasteiger partial charge in [0.2, 0.25) is 0 Å². The number of fused-ring (bicyclic) bond motifs is 2. The van der Waals surface area contributed by atoms with Crippen LogP contribution >= 0.6 is 0 Å². The first kappa shape index (κ1) is 17.4. The largest absolute Gasteiger partial charge is 0.340 e. The van der Waals surface area contributed by atoms with Crippen molar-refractivity contribution in [2.75, 3.05) is 20.6 Å². The van der Waals surface area contributed by atoms with Gasteiger partial charge in [-0.2, -0.15) is 9.50 Å². The Morgan fingerprint density at radius 3 is 2.85 bits per heavy atom. The van der Waals surface area contributed by atoms with Crippen LogP contribution in [0.25, 0.3) is 5.78 Å². The Labute approximate surface area is 156 Å². The van der Waals surface area contributed by atoms with Gasteiger partial charge in [-0.1, -0.05) is 24.3 Å². The van der Waals surface area contributed by atoms with Gasteiger partial charge in [0.15, 0.2) is 0 Å². The molecule has 3 heterocycles. The molecule has 8 heteroatoms. The summed E-state index contributed by atoms with van der Waals surface area (Å²) in [5.74, 6) is 0.502. The molecule has 1 amide bonds. The highest BCUT2D eigenvalue weighted by Gasteiger charge is 2.27. The molecule has 4 rings (SSSR count). The Hall–Kier alpha value is -3.00. The Morgan fingerprint density at radius 2 is 2.07 bits per heavy atom. The van der Waals surface area contributed by atoms with Gasteiger partial charge < -0.3 is 4.90 Å². The van der Waals surface area contributed by atoms with Gasteiger partial charge >= 0.3 is 0 Å². The molecule has 3 aromatic rings. The lowest BCUT2D eigenvalue weighted by Gasteiger charge is -2.36. The number of nitrogens with one attached hydrogen (secondary N) is 1. The molecular weight excluding hydrogens is 344 g/mol. The van der Waals surface area contributed by atoms with E-state index >= 15 is 0 Å². The summed E-state index contributed by atoms with van der Waals surface area (Å²) < 4.78 is 1.21.